The van der Waals surface area contributed by atoms with Gasteiger partial charge in [-0.3, -0.25) is 9.47 Å². The van der Waals surface area contributed by atoms with Crippen LogP contribution in [-0.4, -0.2) is 65.8 Å². The number of benzene rings is 2. The van der Waals surface area contributed by atoms with Crippen LogP contribution >= 0.6 is 11.6 Å². The van der Waals surface area contributed by atoms with Gasteiger partial charge < -0.3 is 9.64 Å². The number of nitrogens with zero attached hydrogens (tertiary/aromatic N) is 5. The van der Waals surface area contributed by atoms with E-state index in [0.717, 1.165) is 29.0 Å². The van der Waals surface area contributed by atoms with E-state index in [1.807, 2.05) is 23.1 Å². The van der Waals surface area contributed by atoms with Crippen LogP contribution in [0.1, 0.15) is 36.0 Å². The zero-order valence-electron chi connectivity index (χ0n) is 20.2. The third-order valence-corrected chi connectivity index (χ3v) is 9.61. The molecule has 0 aliphatic carbocycles. The Hall–Kier alpha value is -2.76. The maximum absolute atomic E-state index is 14.6. The molecule has 0 amide bonds. The number of hydrogen-bond acceptors (Lipinski definition) is 7. The molecule has 6 rings (SSSR count). The second-order valence-electron chi connectivity index (χ2n) is 9.92. The summed E-state index contributed by atoms with van der Waals surface area (Å²) >= 11 is 6.33. The molecule has 0 saturated carbocycles. The van der Waals surface area contributed by atoms with Gasteiger partial charge >= 0.3 is 0 Å². The number of ether oxygens (including phenoxy) is 1. The lowest BCUT2D eigenvalue weighted by Crippen LogP contribution is -2.52. The Morgan fingerprint density at radius 1 is 1.00 bits per heavy atom. The summed E-state index contributed by atoms with van der Waals surface area (Å²) in [6.07, 6.45) is 1.43. The topological polar surface area (TPSA) is 80.6 Å². The van der Waals surface area contributed by atoms with Crippen molar-refractivity contribution >= 4 is 27.1 Å². The standard InChI is InChI=1S/C25H26ClF2N5O3S/c1-36-23-10-22(19(27)9-20(23)28)31-6-4-15(5-7-31)25-30-29-24-12-32(18-13-37(34,35)14-18)11-16-8-17(26)2-3-21(16)33(24)25/h2-3,8-10,15,18H,4-7,11-14H2,1H3. The molecule has 0 spiro atoms. The third kappa shape index (κ3) is 4.46. The normalized spacial score (nSPS) is 20.2. The zero-order valence-corrected chi connectivity index (χ0v) is 21.8. The average molecular weight is 550 g/mol. The summed E-state index contributed by atoms with van der Waals surface area (Å²) in [5, 5.41) is 9.71. The van der Waals surface area contributed by atoms with Gasteiger partial charge in [-0.1, -0.05) is 11.6 Å². The van der Waals surface area contributed by atoms with Crippen molar-refractivity contribution in [1.29, 1.82) is 0 Å². The van der Waals surface area contributed by atoms with Crippen LogP contribution in [0.3, 0.4) is 0 Å². The number of fused-ring (bicyclic) bond motifs is 3. The van der Waals surface area contributed by atoms with Crippen molar-refractivity contribution in [2.45, 2.75) is 37.9 Å². The molecule has 196 valence electrons. The van der Waals surface area contributed by atoms with E-state index in [9.17, 15) is 17.2 Å². The molecule has 8 nitrogen and oxygen atoms in total. The van der Waals surface area contributed by atoms with Crippen molar-refractivity contribution in [3.8, 4) is 11.4 Å². The lowest BCUT2D eigenvalue weighted by atomic mass is 9.95. The third-order valence-electron chi connectivity index (χ3n) is 7.59. The molecular formula is C25H26ClF2N5O3S. The lowest BCUT2D eigenvalue weighted by Gasteiger charge is -2.35. The number of anilines is 1. The molecule has 0 unspecified atom stereocenters. The van der Waals surface area contributed by atoms with Crippen LogP contribution in [0.4, 0.5) is 14.5 Å². The number of sulfone groups is 1. The molecule has 0 atom stereocenters. The fraction of sp³-hybridized carbons (Fsp3) is 0.440. The van der Waals surface area contributed by atoms with E-state index < -0.39 is 21.5 Å². The summed E-state index contributed by atoms with van der Waals surface area (Å²) in [6.45, 7) is 2.19. The van der Waals surface area contributed by atoms with E-state index in [0.29, 0.717) is 49.7 Å². The van der Waals surface area contributed by atoms with Crippen molar-refractivity contribution in [3.63, 3.8) is 0 Å². The Morgan fingerprint density at radius 2 is 1.76 bits per heavy atom. The molecule has 2 fully saturated rings. The Kier molecular flexibility index (Phi) is 6.12. The maximum atomic E-state index is 14.6. The summed E-state index contributed by atoms with van der Waals surface area (Å²) in [4.78, 5) is 4.04. The fourth-order valence-corrected chi connectivity index (χ4v) is 7.31. The summed E-state index contributed by atoms with van der Waals surface area (Å²) in [7, 11) is -1.61. The van der Waals surface area contributed by atoms with Gasteiger partial charge in [0.05, 0.1) is 36.5 Å². The molecule has 2 saturated heterocycles. The van der Waals surface area contributed by atoms with Crippen molar-refractivity contribution < 1.29 is 21.9 Å². The maximum Gasteiger partial charge on any atom is 0.168 e. The van der Waals surface area contributed by atoms with Crippen molar-refractivity contribution in [1.82, 2.24) is 19.7 Å². The highest BCUT2D eigenvalue weighted by atomic mass is 35.5. The monoisotopic (exact) mass is 549 g/mol. The first kappa shape index (κ1) is 24.6. The highest BCUT2D eigenvalue weighted by Crippen LogP contribution is 2.37. The molecule has 0 N–H and O–H groups in total. The summed E-state index contributed by atoms with van der Waals surface area (Å²) in [5.74, 6) is 0.646. The number of rotatable bonds is 4. The molecule has 4 heterocycles. The number of methoxy groups -OCH3 is 1. The van der Waals surface area contributed by atoms with Crippen molar-refractivity contribution in [3.05, 3.63) is 64.2 Å². The van der Waals surface area contributed by atoms with Crippen LogP contribution < -0.4 is 9.64 Å². The Bertz CT molecular complexity index is 1460. The Labute approximate surface area is 218 Å². The van der Waals surface area contributed by atoms with E-state index in [1.54, 1.807) is 0 Å². The summed E-state index contributed by atoms with van der Waals surface area (Å²) in [6, 6.07) is 7.93. The minimum absolute atomic E-state index is 0.0142. The van der Waals surface area contributed by atoms with Crippen LogP contribution in [0.15, 0.2) is 30.3 Å². The van der Waals surface area contributed by atoms with Gasteiger partial charge in [0.25, 0.3) is 0 Å². The van der Waals surface area contributed by atoms with Crippen LogP contribution in [-0.2, 0) is 22.9 Å². The van der Waals surface area contributed by atoms with Gasteiger partial charge in [-0.15, -0.1) is 10.2 Å². The molecular weight excluding hydrogens is 524 g/mol. The van der Waals surface area contributed by atoms with Crippen molar-refractivity contribution in [2.75, 3.05) is 36.6 Å². The predicted octanol–water partition coefficient (Wildman–Crippen LogP) is 3.70. The first-order chi connectivity index (χ1) is 17.7. The van der Waals surface area contributed by atoms with Gasteiger partial charge in [0.2, 0.25) is 0 Å². The second-order valence-corrected chi connectivity index (χ2v) is 12.5. The summed E-state index contributed by atoms with van der Waals surface area (Å²) in [5.41, 5.74) is 2.26. The number of halogens is 3. The first-order valence-electron chi connectivity index (χ1n) is 12.2. The minimum atomic E-state index is -2.98. The molecule has 3 aliphatic rings. The quantitative estimate of drug-likeness (QED) is 0.491. The minimum Gasteiger partial charge on any atom is -0.494 e. The fourth-order valence-electron chi connectivity index (χ4n) is 5.62. The van der Waals surface area contributed by atoms with Crippen LogP contribution in [0.5, 0.6) is 5.75 Å². The largest absolute Gasteiger partial charge is 0.494 e. The molecule has 12 heteroatoms. The van der Waals surface area contributed by atoms with E-state index >= 15 is 0 Å². The lowest BCUT2D eigenvalue weighted by molar-refractivity contribution is 0.193. The Balaban J connectivity index is 1.28. The predicted molar refractivity (Wildman–Crippen MR) is 135 cm³/mol. The van der Waals surface area contributed by atoms with E-state index in [-0.39, 0.29) is 29.2 Å². The van der Waals surface area contributed by atoms with Crippen LogP contribution in [0, 0.1) is 11.6 Å². The molecule has 3 aliphatic heterocycles. The Morgan fingerprint density at radius 3 is 2.46 bits per heavy atom. The smallest absolute Gasteiger partial charge is 0.168 e. The van der Waals surface area contributed by atoms with Crippen LogP contribution in [0.2, 0.25) is 5.02 Å². The van der Waals surface area contributed by atoms with Gasteiger partial charge in [-0.2, -0.15) is 0 Å². The second kappa shape index (κ2) is 9.21. The van der Waals surface area contributed by atoms with Gasteiger partial charge in [-0.25, -0.2) is 17.2 Å². The van der Waals surface area contributed by atoms with Gasteiger partial charge in [0, 0.05) is 48.7 Å². The van der Waals surface area contributed by atoms with Crippen LogP contribution in [0.25, 0.3) is 5.69 Å². The zero-order chi connectivity index (χ0) is 25.9. The molecule has 2 aromatic carbocycles. The highest BCUT2D eigenvalue weighted by molar-refractivity contribution is 7.92. The molecule has 37 heavy (non-hydrogen) atoms. The molecule has 1 aromatic heterocycles. The van der Waals surface area contributed by atoms with E-state index in [2.05, 4.69) is 19.7 Å². The highest BCUT2D eigenvalue weighted by Gasteiger charge is 2.40. The van der Waals surface area contributed by atoms with Gasteiger partial charge in [0.1, 0.15) is 11.6 Å². The van der Waals surface area contributed by atoms with E-state index in [1.165, 1.54) is 13.2 Å². The molecule has 0 radical (unpaired) electrons. The van der Waals surface area contributed by atoms with Crippen molar-refractivity contribution in [2.24, 2.45) is 0 Å². The van der Waals surface area contributed by atoms with Gasteiger partial charge in [0.15, 0.2) is 27.2 Å². The number of piperidine rings is 1. The average Bonchev–Trinajstić information content (AvgIpc) is 3.18. The molecule has 0 bridgehead atoms. The summed E-state index contributed by atoms with van der Waals surface area (Å²) < 4.78 is 59.3. The van der Waals surface area contributed by atoms with Gasteiger partial charge in [-0.05, 0) is 36.6 Å². The SMILES string of the molecule is COc1cc(N2CCC(c3nnc4n3-c3ccc(Cl)cc3CN(C3CS(=O)(=O)C3)C4)CC2)c(F)cc1F. The first-order valence-corrected chi connectivity index (χ1v) is 14.4. The van der Waals surface area contributed by atoms with E-state index in [4.69, 9.17) is 16.3 Å². The number of hydrogen-bond donors (Lipinski definition) is 0. The molecule has 3 aromatic rings. The number of aromatic nitrogens is 3.